The third-order valence-electron chi connectivity index (χ3n) is 8.81. The van der Waals surface area contributed by atoms with E-state index in [-0.39, 0.29) is 24.0 Å². The smallest absolute Gasteiger partial charge is 0.323 e. The van der Waals surface area contributed by atoms with Crippen molar-refractivity contribution in [3.8, 4) is 0 Å². The first-order chi connectivity index (χ1) is 17.2. The van der Waals surface area contributed by atoms with Gasteiger partial charge in [0.05, 0.1) is 19.3 Å². The fourth-order valence-electron chi connectivity index (χ4n) is 6.54. The van der Waals surface area contributed by atoms with E-state index >= 15 is 0 Å². The average Bonchev–Trinajstić information content (AvgIpc) is 3.39. The zero-order valence-corrected chi connectivity index (χ0v) is 22.1. The molecule has 192 valence electrons. The quantitative estimate of drug-likeness (QED) is 0.471. The Morgan fingerprint density at radius 3 is 2.64 bits per heavy atom. The van der Waals surface area contributed by atoms with E-state index in [2.05, 4.69) is 35.2 Å². The van der Waals surface area contributed by atoms with E-state index in [9.17, 15) is 9.59 Å². The molecule has 2 heterocycles. The second-order valence-electron chi connectivity index (χ2n) is 11.5. The van der Waals surface area contributed by atoms with Crippen molar-refractivity contribution in [1.82, 2.24) is 20.0 Å². The van der Waals surface area contributed by atoms with Gasteiger partial charge in [-0.3, -0.25) is 19.2 Å². The number of methoxy groups -OCH3 is 1. The van der Waals surface area contributed by atoms with Gasteiger partial charge in [-0.2, -0.15) is 5.10 Å². The number of hydrogen-bond acceptors (Lipinski definition) is 5. The fraction of sp³-hybridized carbons (Fsp3) is 0.552. The van der Waals surface area contributed by atoms with Crippen molar-refractivity contribution >= 4 is 11.9 Å². The van der Waals surface area contributed by atoms with Gasteiger partial charge in [0.25, 0.3) is 5.91 Å². The number of ether oxygens (including phenoxy) is 1. The minimum absolute atomic E-state index is 0.104. The number of fused-ring (bicyclic) bond motifs is 1. The van der Waals surface area contributed by atoms with Gasteiger partial charge >= 0.3 is 5.97 Å². The van der Waals surface area contributed by atoms with Crippen LogP contribution in [0.3, 0.4) is 0 Å². The highest BCUT2D eigenvalue weighted by Crippen LogP contribution is 2.59. The molecule has 6 rings (SSSR count). The maximum Gasteiger partial charge on any atom is 0.323 e. The van der Waals surface area contributed by atoms with Crippen LogP contribution in [-0.4, -0.2) is 58.8 Å². The molecular weight excluding hydrogens is 452 g/mol. The number of esters is 1. The number of nitrogens with one attached hydrogen (secondary N) is 1. The van der Waals surface area contributed by atoms with Crippen LogP contribution < -0.4 is 5.32 Å². The number of aromatic nitrogens is 2. The molecule has 1 aromatic carbocycles. The van der Waals surface area contributed by atoms with Gasteiger partial charge in [-0.15, -0.1) is 0 Å². The number of nitrogens with zero attached hydrogens (tertiary/aromatic N) is 3. The number of allylic oxidation sites excluding steroid dienone is 1. The molecule has 0 radical (unpaired) electrons. The lowest BCUT2D eigenvalue weighted by Crippen LogP contribution is -2.50. The molecular formula is C29H38N4O3. The van der Waals surface area contributed by atoms with Crippen molar-refractivity contribution in [1.29, 1.82) is 0 Å². The van der Waals surface area contributed by atoms with Gasteiger partial charge in [-0.1, -0.05) is 37.6 Å². The monoisotopic (exact) mass is 490 g/mol. The van der Waals surface area contributed by atoms with Crippen molar-refractivity contribution in [3.63, 3.8) is 0 Å². The Morgan fingerprint density at radius 1 is 1.17 bits per heavy atom. The Labute approximate surface area is 213 Å². The molecule has 4 aliphatic rings. The van der Waals surface area contributed by atoms with E-state index in [1.807, 2.05) is 48.9 Å². The minimum Gasteiger partial charge on any atom is -0.468 e. The summed E-state index contributed by atoms with van der Waals surface area (Å²) in [5.74, 6) is 1.04. The standard InChI is InChI=1S/C29H38N4O3/c1-18-11-19(2)33(31-18)15-20-7-6-8-21(12-20)27(34)30-24-14-26(28(35)36-5)32(17-24)16-22-9-10-23-13-25(22)29(23,3)4/h6-9,11-12,23-26H,10,13-17H2,1-5H3,(H,30,34)/t23-,24+,25-,26-/m0/s1. The molecule has 3 aliphatic carbocycles. The lowest BCUT2D eigenvalue weighted by molar-refractivity contribution is -0.145. The van der Waals surface area contributed by atoms with E-state index in [1.54, 1.807) is 0 Å². The van der Waals surface area contributed by atoms with Gasteiger partial charge < -0.3 is 10.1 Å². The molecule has 4 atom stereocenters. The maximum atomic E-state index is 13.2. The second kappa shape index (κ2) is 9.51. The third-order valence-corrected chi connectivity index (χ3v) is 8.81. The Hall–Kier alpha value is -2.93. The molecule has 1 saturated carbocycles. The van der Waals surface area contributed by atoms with Gasteiger partial charge in [0.1, 0.15) is 6.04 Å². The first-order valence-electron chi connectivity index (χ1n) is 13.1. The maximum absolute atomic E-state index is 13.2. The van der Waals surface area contributed by atoms with Crippen molar-refractivity contribution in [3.05, 3.63) is 64.5 Å². The number of hydrogen-bond donors (Lipinski definition) is 1. The Bertz CT molecular complexity index is 1200. The van der Waals surface area contributed by atoms with Gasteiger partial charge in [0.2, 0.25) is 0 Å². The van der Waals surface area contributed by atoms with E-state index in [1.165, 1.54) is 19.1 Å². The van der Waals surface area contributed by atoms with E-state index < -0.39 is 0 Å². The number of amides is 1. The van der Waals surface area contributed by atoms with Crippen molar-refractivity contribution in [2.75, 3.05) is 20.2 Å². The van der Waals surface area contributed by atoms with E-state index in [0.717, 1.165) is 35.8 Å². The van der Waals surface area contributed by atoms with Crippen LogP contribution in [-0.2, 0) is 16.1 Å². The van der Waals surface area contributed by atoms with Crippen molar-refractivity contribution < 1.29 is 14.3 Å². The fourth-order valence-corrected chi connectivity index (χ4v) is 6.54. The number of carbonyl (C=O) groups is 2. The van der Waals surface area contributed by atoms with Gasteiger partial charge in [-0.05, 0) is 74.1 Å². The second-order valence-corrected chi connectivity index (χ2v) is 11.5. The summed E-state index contributed by atoms with van der Waals surface area (Å²) < 4.78 is 7.08. The molecule has 1 aromatic heterocycles. The number of benzene rings is 1. The summed E-state index contributed by atoms with van der Waals surface area (Å²) in [6.07, 6.45) is 5.33. The predicted molar refractivity (Wildman–Crippen MR) is 139 cm³/mol. The molecule has 1 amide bonds. The summed E-state index contributed by atoms with van der Waals surface area (Å²) in [5.41, 5.74) is 5.52. The average molecular weight is 491 g/mol. The van der Waals surface area contributed by atoms with Gasteiger partial charge in [-0.25, -0.2) is 0 Å². The Balaban J connectivity index is 1.25. The van der Waals surface area contributed by atoms with Crippen LogP contribution in [0.1, 0.15) is 60.4 Å². The molecule has 7 nitrogen and oxygen atoms in total. The van der Waals surface area contributed by atoms with Gasteiger partial charge in [0.15, 0.2) is 0 Å². The molecule has 1 aliphatic heterocycles. The van der Waals surface area contributed by atoms with Crippen LogP contribution >= 0.6 is 0 Å². The van der Waals surface area contributed by atoms with E-state index in [4.69, 9.17) is 4.74 Å². The van der Waals surface area contributed by atoms with E-state index in [0.29, 0.717) is 36.4 Å². The molecule has 0 unspecified atom stereocenters. The van der Waals surface area contributed by atoms with Crippen molar-refractivity contribution in [2.45, 2.75) is 65.6 Å². The summed E-state index contributed by atoms with van der Waals surface area (Å²) >= 11 is 0. The highest BCUT2D eigenvalue weighted by atomic mass is 16.5. The highest BCUT2D eigenvalue weighted by Gasteiger charge is 2.52. The molecule has 1 saturated heterocycles. The number of aryl methyl sites for hydroxylation is 2. The number of carbonyl (C=O) groups excluding carboxylic acids is 2. The van der Waals surface area contributed by atoms with Crippen LogP contribution in [0, 0.1) is 31.1 Å². The number of likely N-dealkylation sites (tertiary alicyclic amines) is 1. The van der Waals surface area contributed by atoms with Crippen LogP contribution in [0.4, 0.5) is 0 Å². The zero-order valence-electron chi connectivity index (χ0n) is 22.1. The predicted octanol–water partition coefficient (Wildman–Crippen LogP) is 3.89. The summed E-state index contributed by atoms with van der Waals surface area (Å²) in [6.45, 7) is 10.8. The third kappa shape index (κ3) is 4.61. The van der Waals surface area contributed by atoms with Crippen LogP contribution in [0.25, 0.3) is 0 Å². The zero-order chi connectivity index (χ0) is 25.6. The molecule has 2 fully saturated rings. The summed E-state index contributed by atoms with van der Waals surface area (Å²) in [4.78, 5) is 28.0. The highest BCUT2D eigenvalue weighted by molar-refractivity contribution is 5.94. The Morgan fingerprint density at radius 2 is 1.97 bits per heavy atom. The van der Waals surface area contributed by atoms with Gasteiger partial charge in [0, 0.05) is 30.4 Å². The summed E-state index contributed by atoms with van der Waals surface area (Å²) in [7, 11) is 1.44. The van der Waals surface area contributed by atoms with Crippen LogP contribution in [0.2, 0.25) is 0 Å². The topological polar surface area (TPSA) is 76.5 Å². The number of rotatable bonds is 7. The Kier molecular flexibility index (Phi) is 6.54. The lowest BCUT2D eigenvalue weighted by Gasteiger charge is -2.57. The van der Waals surface area contributed by atoms with Crippen LogP contribution in [0.5, 0.6) is 0 Å². The minimum atomic E-state index is -0.334. The molecule has 7 heteroatoms. The molecule has 2 bridgehead atoms. The molecule has 2 aromatic rings. The molecule has 0 spiro atoms. The molecule has 1 N–H and O–H groups in total. The summed E-state index contributed by atoms with van der Waals surface area (Å²) in [5, 5.41) is 7.72. The first-order valence-corrected chi connectivity index (χ1v) is 13.1. The summed E-state index contributed by atoms with van der Waals surface area (Å²) in [6, 6.07) is 9.31. The molecule has 36 heavy (non-hydrogen) atoms. The normalized spacial score (nSPS) is 26.8. The lowest BCUT2D eigenvalue weighted by atomic mass is 9.49. The SMILES string of the molecule is COC(=O)[C@@H]1C[C@@H](NC(=O)c2cccc(Cn3nc(C)cc3C)c2)CN1CC1=CC[C@H]2C[C@@H]1C2(C)C. The first kappa shape index (κ1) is 24.8. The van der Waals surface area contributed by atoms with Crippen LogP contribution in [0.15, 0.2) is 42.0 Å². The van der Waals surface area contributed by atoms with Crippen molar-refractivity contribution in [2.24, 2.45) is 17.3 Å². The largest absolute Gasteiger partial charge is 0.468 e.